The van der Waals surface area contributed by atoms with Crippen LogP contribution in [0.1, 0.15) is 33.1 Å². The molecule has 0 radical (unpaired) electrons. The zero-order valence-electron chi connectivity index (χ0n) is 19.1. The molecule has 0 atom stereocenters. The molecule has 0 aliphatic carbocycles. The van der Waals surface area contributed by atoms with Gasteiger partial charge in [0.2, 0.25) is 5.89 Å². The zero-order chi connectivity index (χ0) is 24.2. The number of amides is 1. The van der Waals surface area contributed by atoms with Crippen molar-refractivity contribution in [3.05, 3.63) is 86.1 Å². The van der Waals surface area contributed by atoms with Crippen molar-refractivity contribution in [2.75, 3.05) is 31.5 Å². The van der Waals surface area contributed by atoms with Crippen molar-refractivity contribution in [2.45, 2.75) is 26.9 Å². The van der Waals surface area contributed by atoms with Crippen LogP contribution in [0.4, 0.5) is 11.4 Å². The minimum absolute atomic E-state index is 0.0410. The average Bonchev–Trinajstić information content (AvgIpc) is 3.27. The molecule has 10 heteroatoms. The van der Waals surface area contributed by atoms with Crippen LogP contribution in [0.3, 0.4) is 0 Å². The first-order chi connectivity index (χ1) is 16.3. The molecule has 34 heavy (non-hydrogen) atoms. The Kier molecular flexibility index (Phi) is 7.26. The molecule has 0 bridgehead atoms. The molecule has 4 rings (SSSR count). The van der Waals surface area contributed by atoms with Gasteiger partial charge in [0, 0.05) is 55.6 Å². The Bertz CT molecular complexity index is 1200. The molecular formula is C24H26ClN5O4. The van der Waals surface area contributed by atoms with E-state index < -0.39 is 4.92 Å². The van der Waals surface area contributed by atoms with Gasteiger partial charge < -0.3 is 9.73 Å². The molecule has 178 valence electrons. The standard InChI is InChI=1S/C24H26ClN5O4/c1-16-3-4-19(11-17(16)2)26-24(31)22-15-34-23(27-22)14-29-9-7-28(8-10-29)13-18-12-20(30(32)33)5-6-21(18)25/h3-6,11-12,15H,7-10,13-14H2,1-2H3,(H,26,31). The highest BCUT2D eigenvalue weighted by atomic mass is 35.5. The lowest BCUT2D eigenvalue weighted by molar-refractivity contribution is -0.384. The van der Waals surface area contributed by atoms with Crippen molar-refractivity contribution < 1.29 is 14.1 Å². The Balaban J connectivity index is 1.28. The minimum atomic E-state index is -0.412. The SMILES string of the molecule is Cc1ccc(NC(=O)c2coc(CN3CCN(Cc4cc([N+](=O)[O-])ccc4Cl)CC3)n2)cc1C. The Morgan fingerprint density at radius 3 is 2.47 bits per heavy atom. The molecule has 0 spiro atoms. The number of halogens is 1. The lowest BCUT2D eigenvalue weighted by Crippen LogP contribution is -2.45. The van der Waals surface area contributed by atoms with E-state index in [1.807, 2.05) is 32.0 Å². The van der Waals surface area contributed by atoms with E-state index in [0.29, 0.717) is 24.0 Å². The van der Waals surface area contributed by atoms with Gasteiger partial charge >= 0.3 is 0 Å². The predicted molar refractivity (Wildman–Crippen MR) is 129 cm³/mol. The van der Waals surface area contributed by atoms with Crippen LogP contribution >= 0.6 is 11.6 Å². The van der Waals surface area contributed by atoms with Crippen molar-refractivity contribution in [1.29, 1.82) is 0 Å². The van der Waals surface area contributed by atoms with Crippen LogP contribution < -0.4 is 5.32 Å². The van der Waals surface area contributed by atoms with E-state index in [4.69, 9.17) is 16.0 Å². The molecule has 2 heterocycles. The van der Waals surface area contributed by atoms with Gasteiger partial charge in [-0.2, -0.15) is 0 Å². The number of nitro groups is 1. The fraction of sp³-hybridized carbons (Fsp3) is 0.333. The maximum atomic E-state index is 12.5. The second-order valence-electron chi connectivity index (χ2n) is 8.46. The molecule has 0 saturated carbocycles. The fourth-order valence-electron chi connectivity index (χ4n) is 3.84. The lowest BCUT2D eigenvalue weighted by atomic mass is 10.1. The number of carbonyl (C=O) groups is 1. The number of hydrogen-bond acceptors (Lipinski definition) is 7. The second-order valence-corrected chi connectivity index (χ2v) is 8.87. The molecule has 1 aliphatic rings. The molecule has 1 N–H and O–H groups in total. The Hall–Kier alpha value is -3.27. The number of nitrogens with zero attached hydrogens (tertiary/aromatic N) is 4. The molecule has 9 nitrogen and oxygen atoms in total. The summed E-state index contributed by atoms with van der Waals surface area (Å²) in [4.78, 5) is 31.9. The summed E-state index contributed by atoms with van der Waals surface area (Å²) in [5, 5.41) is 14.4. The summed E-state index contributed by atoms with van der Waals surface area (Å²) >= 11 is 6.24. The number of aryl methyl sites for hydroxylation is 2. The third kappa shape index (κ3) is 5.80. The molecule has 2 aromatic carbocycles. The number of anilines is 1. The lowest BCUT2D eigenvalue weighted by Gasteiger charge is -2.34. The van der Waals surface area contributed by atoms with Crippen molar-refractivity contribution in [1.82, 2.24) is 14.8 Å². The van der Waals surface area contributed by atoms with Gasteiger partial charge in [-0.15, -0.1) is 0 Å². The van der Waals surface area contributed by atoms with E-state index in [-0.39, 0.29) is 17.3 Å². The van der Waals surface area contributed by atoms with E-state index in [1.165, 1.54) is 18.4 Å². The number of nitrogens with one attached hydrogen (secondary N) is 1. The topological polar surface area (TPSA) is 105 Å². The molecule has 0 unspecified atom stereocenters. The van der Waals surface area contributed by atoms with Crippen molar-refractivity contribution >= 4 is 28.9 Å². The summed E-state index contributed by atoms with van der Waals surface area (Å²) in [6.07, 6.45) is 1.38. The number of aromatic nitrogens is 1. The number of oxazole rings is 1. The van der Waals surface area contributed by atoms with E-state index in [2.05, 4.69) is 20.1 Å². The smallest absolute Gasteiger partial charge is 0.277 e. The summed E-state index contributed by atoms with van der Waals surface area (Å²) in [6.45, 7) is 8.18. The number of rotatable bonds is 7. The molecule has 1 aliphatic heterocycles. The number of nitro benzene ring substituents is 1. The summed E-state index contributed by atoms with van der Waals surface area (Å²) < 4.78 is 5.53. The maximum Gasteiger partial charge on any atom is 0.277 e. The number of piperazine rings is 1. The van der Waals surface area contributed by atoms with Crippen LogP contribution in [-0.4, -0.2) is 51.8 Å². The van der Waals surface area contributed by atoms with Gasteiger partial charge in [-0.3, -0.25) is 24.7 Å². The van der Waals surface area contributed by atoms with Gasteiger partial charge in [0.25, 0.3) is 11.6 Å². The first-order valence-corrected chi connectivity index (χ1v) is 11.4. The summed E-state index contributed by atoms with van der Waals surface area (Å²) in [5.41, 5.74) is 4.01. The Morgan fingerprint density at radius 1 is 1.09 bits per heavy atom. The largest absolute Gasteiger partial charge is 0.447 e. The van der Waals surface area contributed by atoms with E-state index in [1.54, 1.807) is 6.07 Å². The van der Waals surface area contributed by atoms with Gasteiger partial charge in [0.05, 0.1) is 11.5 Å². The molecule has 1 amide bonds. The highest BCUT2D eigenvalue weighted by molar-refractivity contribution is 6.31. The average molecular weight is 484 g/mol. The van der Waals surface area contributed by atoms with Gasteiger partial charge in [-0.25, -0.2) is 4.98 Å². The van der Waals surface area contributed by atoms with Crippen molar-refractivity contribution in [3.8, 4) is 0 Å². The van der Waals surface area contributed by atoms with Gasteiger partial charge in [0.1, 0.15) is 6.26 Å². The molecule has 1 aromatic heterocycles. The van der Waals surface area contributed by atoms with Crippen LogP contribution in [0.25, 0.3) is 0 Å². The minimum Gasteiger partial charge on any atom is -0.447 e. The normalized spacial score (nSPS) is 14.8. The van der Waals surface area contributed by atoms with E-state index >= 15 is 0 Å². The van der Waals surface area contributed by atoms with Gasteiger partial charge in [0.15, 0.2) is 5.69 Å². The number of carbonyl (C=O) groups excluding carboxylic acids is 1. The number of benzene rings is 2. The van der Waals surface area contributed by atoms with Crippen LogP contribution in [0.2, 0.25) is 5.02 Å². The van der Waals surface area contributed by atoms with Crippen molar-refractivity contribution in [3.63, 3.8) is 0 Å². The quantitative estimate of drug-likeness (QED) is 0.391. The van der Waals surface area contributed by atoms with E-state index in [0.717, 1.165) is 48.6 Å². The van der Waals surface area contributed by atoms with Crippen LogP contribution in [0, 0.1) is 24.0 Å². The summed E-state index contributed by atoms with van der Waals surface area (Å²) in [5.74, 6) is 0.178. The van der Waals surface area contributed by atoms with Crippen molar-refractivity contribution in [2.24, 2.45) is 0 Å². The maximum absolute atomic E-state index is 12.5. The summed E-state index contributed by atoms with van der Waals surface area (Å²) in [6, 6.07) is 10.3. The van der Waals surface area contributed by atoms with Gasteiger partial charge in [-0.1, -0.05) is 17.7 Å². The first-order valence-electron chi connectivity index (χ1n) is 11.0. The first kappa shape index (κ1) is 23.9. The summed E-state index contributed by atoms with van der Waals surface area (Å²) in [7, 11) is 0. The van der Waals surface area contributed by atoms with Crippen LogP contribution in [0.5, 0.6) is 0 Å². The molecule has 1 fully saturated rings. The second kappa shape index (κ2) is 10.3. The number of non-ortho nitro benzene ring substituents is 1. The highest BCUT2D eigenvalue weighted by Crippen LogP contribution is 2.24. The fourth-order valence-corrected chi connectivity index (χ4v) is 4.01. The Morgan fingerprint density at radius 2 is 1.79 bits per heavy atom. The van der Waals surface area contributed by atoms with Crippen LogP contribution in [0.15, 0.2) is 47.1 Å². The molecular weight excluding hydrogens is 458 g/mol. The van der Waals surface area contributed by atoms with Gasteiger partial charge in [-0.05, 0) is 48.7 Å². The van der Waals surface area contributed by atoms with Crippen LogP contribution in [-0.2, 0) is 13.1 Å². The molecule has 3 aromatic rings. The predicted octanol–water partition coefficient (Wildman–Crippen LogP) is 4.42. The zero-order valence-corrected chi connectivity index (χ0v) is 19.8. The van der Waals surface area contributed by atoms with E-state index in [9.17, 15) is 14.9 Å². The third-order valence-electron chi connectivity index (χ3n) is 6.01. The Labute approximate surface area is 202 Å². The molecule has 1 saturated heterocycles. The third-order valence-corrected chi connectivity index (χ3v) is 6.38. The number of hydrogen-bond donors (Lipinski definition) is 1. The highest BCUT2D eigenvalue weighted by Gasteiger charge is 2.21. The monoisotopic (exact) mass is 483 g/mol.